The lowest BCUT2D eigenvalue weighted by Gasteiger charge is -2.39. The maximum Gasteiger partial charge on any atom is 0.267 e. The van der Waals surface area contributed by atoms with Crippen LogP contribution in [0.5, 0.6) is 5.75 Å². The lowest BCUT2D eigenvalue weighted by molar-refractivity contribution is -0.137. The lowest BCUT2D eigenvalue weighted by Crippen LogP contribution is -2.52. The van der Waals surface area contributed by atoms with Crippen molar-refractivity contribution in [3.8, 4) is 5.75 Å². The summed E-state index contributed by atoms with van der Waals surface area (Å²) in [6.45, 7) is 3.96. The number of carbonyl (C=O) groups is 5. The Morgan fingerprint density at radius 3 is 2.76 bits per heavy atom. The number of pyridine rings is 1. The summed E-state index contributed by atoms with van der Waals surface area (Å²) in [6.07, 6.45) is 2.27. The van der Waals surface area contributed by atoms with Gasteiger partial charge in [0.2, 0.25) is 17.7 Å². The number of hydrogen-bond donors (Lipinski definition) is 3. The van der Waals surface area contributed by atoms with Gasteiger partial charge in [0.05, 0.1) is 19.0 Å². The average molecular weight is 506 g/mol. The van der Waals surface area contributed by atoms with E-state index in [0.29, 0.717) is 28.9 Å². The number of rotatable bonds is 5. The second kappa shape index (κ2) is 8.99. The minimum absolute atomic E-state index is 0.0511. The van der Waals surface area contributed by atoms with Gasteiger partial charge >= 0.3 is 0 Å². The van der Waals surface area contributed by atoms with Gasteiger partial charge in [0.1, 0.15) is 23.1 Å². The standard InChI is InChI=1S/C26H27N5O6/c1-26(2)11-17(29-20(33)10-13-4-3-9-28-21(13)23(27)34)15-6-5-14-16(22(15)37-26)12-31(25(14)36)18-7-8-19(32)30-24(18)35/h3-6,9,17-18H,7-8,10-12H2,1-2H3,(H2,27,34)(H,29,33)(H,30,32,35). The van der Waals surface area contributed by atoms with Gasteiger partial charge in [0, 0.05) is 35.7 Å². The molecule has 5 amide bonds. The normalized spacial score (nSPS) is 22.0. The first-order valence-corrected chi connectivity index (χ1v) is 12.1. The monoisotopic (exact) mass is 505 g/mol. The molecular formula is C26H27N5O6. The fourth-order valence-corrected chi connectivity index (χ4v) is 5.30. The van der Waals surface area contributed by atoms with Gasteiger partial charge in [-0.3, -0.25) is 34.3 Å². The van der Waals surface area contributed by atoms with E-state index < -0.39 is 29.5 Å². The summed E-state index contributed by atoms with van der Waals surface area (Å²) in [5.41, 5.74) is 7.04. The van der Waals surface area contributed by atoms with Crippen molar-refractivity contribution in [3.05, 3.63) is 58.4 Å². The van der Waals surface area contributed by atoms with Crippen LogP contribution in [0.1, 0.15) is 76.7 Å². The number of piperidine rings is 1. The van der Waals surface area contributed by atoms with Crippen LogP contribution in [0.15, 0.2) is 30.5 Å². The number of imide groups is 1. The Morgan fingerprint density at radius 2 is 2.03 bits per heavy atom. The zero-order valence-electron chi connectivity index (χ0n) is 20.5. The van der Waals surface area contributed by atoms with E-state index in [0.717, 1.165) is 5.56 Å². The molecular weight excluding hydrogens is 478 g/mol. The van der Waals surface area contributed by atoms with Gasteiger partial charge < -0.3 is 20.7 Å². The summed E-state index contributed by atoms with van der Waals surface area (Å²) in [7, 11) is 0. The molecule has 0 bridgehead atoms. The third kappa shape index (κ3) is 4.52. The molecule has 2 atom stereocenters. The van der Waals surface area contributed by atoms with E-state index in [-0.39, 0.29) is 49.2 Å². The molecule has 1 aromatic carbocycles. The third-order valence-corrected chi connectivity index (χ3v) is 6.96. The molecule has 2 unspecified atom stereocenters. The molecule has 11 heteroatoms. The summed E-state index contributed by atoms with van der Waals surface area (Å²) >= 11 is 0. The summed E-state index contributed by atoms with van der Waals surface area (Å²) in [5, 5.41) is 5.34. The van der Waals surface area contributed by atoms with Gasteiger partial charge in [-0.15, -0.1) is 0 Å². The maximum absolute atomic E-state index is 13.2. The largest absolute Gasteiger partial charge is 0.487 e. The van der Waals surface area contributed by atoms with Crippen molar-refractivity contribution in [2.75, 3.05) is 0 Å². The fourth-order valence-electron chi connectivity index (χ4n) is 5.30. The molecule has 1 fully saturated rings. The van der Waals surface area contributed by atoms with Gasteiger partial charge in [-0.1, -0.05) is 12.1 Å². The number of primary amides is 1. The molecule has 3 aliphatic heterocycles. The number of carbonyl (C=O) groups excluding carboxylic acids is 5. The molecule has 0 aliphatic carbocycles. The third-order valence-electron chi connectivity index (χ3n) is 6.96. The highest BCUT2D eigenvalue weighted by molar-refractivity contribution is 6.05. The van der Waals surface area contributed by atoms with Crippen molar-refractivity contribution < 1.29 is 28.7 Å². The van der Waals surface area contributed by atoms with Gasteiger partial charge in [-0.2, -0.15) is 0 Å². The number of amides is 5. The number of nitrogens with two attached hydrogens (primary N) is 1. The van der Waals surface area contributed by atoms with E-state index in [1.54, 1.807) is 24.3 Å². The quantitative estimate of drug-likeness (QED) is 0.509. The Morgan fingerprint density at radius 1 is 1.24 bits per heavy atom. The predicted molar refractivity (Wildman–Crippen MR) is 129 cm³/mol. The van der Waals surface area contributed by atoms with Crippen molar-refractivity contribution in [1.82, 2.24) is 20.5 Å². The number of nitrogens with one attached hydrogen (secondary N) is 2. The van der Waals surface area contributed by atoms with Crippen molar-refractivity contribution in [2.45, 2.75) is 63.8 Å². The SMILES string of the molecule is CC1(C)CC(NC(=O)Cc2cccnc2C(N)=O)c2ccc3c(c2O1)CN(C1CCC(=O)NC1=O)C3=O. The summed E-state index contributed by atoms with van der Waals surface area (Å²) in [5.74, 6) is -1.63. The molecule has 0 spiro atoms. The lowest BCUT2D eigenvalue weighted by atomic mass is 9.87. The van der Waals surface area contributed by atoms with E-state index >= 15 is 0 Å². The molecule has 0 saturated carbocycles. The van der Waals surface area contributed by atoms with Gasteiger partial charge in [0.25, 0.3) is 11.8 Å². The first-order valence-electron chi connectivity index (χ1n) is 12.1. The second-order valence-corrected chi connectivity index (χ2v) is 10.1. The van der Waals surface area contributed by atoms with E-state index in [1.165, 1.54) is 11.1 Å². The summed E-state index contributed by atoms with van der Waals surface area (Å²) < 4.78 is 6.31. The summed E-state index contributed by atoms with van der Waals surface area (Å²) in [6, 6.07) is 5.58. The van der Waals surface area contributed by atoms with Crippen LogP contribution in [0, 0.1) is 0 Å². The number of hydrogen-bond acceptors (Lipinski definition) is 7. The van der Waals surface area contributed by atoms with Crippen molar-refractivity contribution in [3.63, 3.8) is 0 Å². The Balaban J connectivity index is 1.41. The van der Waals surface area contributed by atoms with Crippen molar-refractivity contribution >= 4 is 29.5 Å². The highest BCUT2D eigenvalue weighted by Crippen LogP contribution is 2.45. The minimum atomic E-state index is -0.737. The average Bonchev–Trinajstić information content (AvgIpc) is 3.15. The Hall–Kier alpha value is -4.28. The van der Waals surface area contributed by atoms with E-state index in [2.05, 4.69) is 15.6 Å². The van der Waals surface area contributed by atoms with Gasteiger partial charge in [-0.05, 0) is 38.0 Å². The van der Waals surface area contributed by atoms with Crippen LogP contribution in [-0.2, 0) is 27.3 Å². The van der Waals surface area contributed by atoms with Crippen LogP contribution in [-0.4, -0.2) is 51.1 Å². The number of benzene rings is 1. The minimum Gasteiger partial charge on any atom is -0.487 e. The molecule has 3 aliphatic rings. The predicted octanol–water partition coefficient (Wildman–Crippen LogP) is 0.903. The smallest absolute Gasteiger partial charge is 0.267 e. The molecule has 11 nitrogen and oxygen atoms in total. The van der Waals surface area contributed by atoms with E-state index in [1.807, 2.05) is 13.8 Å². The number of ether oxygens (including phenoxy) is 1. The molecule has 37 heavy (non-hydrogen) atoms. The van der Waals surface area contributed by atoms with E-state index in [4.69, 9.17) is 10.5 Å². The second-order valence-electron chi connectivity index (χ2n) is 10.1. The van der Waals surface area contributed by atoms with Crippen LogP contribution >= 0.6 is 0 Å². The Labute approximate surface area is 212 Å². The number of fused-ring (bicyclic) bond motifs is 3. The van der Waals surface area contributed by atoms with Gasteiger partial charge in [-0.25, -0.2) is 0 Å². The molecule has 5 rings (SSSR count). The van der Waals surface area contributed by atoms with Crippen molar-refractivity contribution in [2.24, 2.45) is 5.73 Å². The topological polar surface area (TPSA) is 161 Å². The van der Waals surface area contributed by atoms with Gasteiger partial charge in [0.15, 0.2) is 0 Å². The Bertz CT molecular complexity index is 1350. The van der Waals surface area contributed by atoms with Crippen LogP contribution in [0.4, 0.5) is 0 Å². The molecule has 1 saturated heterocycles. The highest BCUT2D eigenvalue weighted by Gasteiger charge is 2.43. The summed E-state index contributed by atoms with van der Waals surface area (Å²) in [4.78, 5) is 67.4. The number of aromatic nitrogens is 1. The van der Waals surface area contributed by atoms with Crippen LogP contribution in [0.25, 0.3) is 0 Å². The van der Waals surface area contributed by atoms with E-state index in [9.17, 15) is 24.0 Å². The number of nitrogens with zero attached hydrogens (tertiary/aromatic N) is 2. The molecule has 4 heterocycles. The van der Waals surface area contributed by atoms with Crippen molar-refractivity contribution in [1.29, 1.82) is 0 Å². The zero-order valence-corrected chi connectivity index (χ0v) is 20.5. The molecule has 2 aromatic rings. The highest BCUT2D eigenvalue weighted by atomic mass is 16.5. The van der Waals surface area contributed by atoms with Crippen LogP contribution in [0.2, 0.25) is 0 Å². The molecule has 192 valence electrons. The first kappa shape index (κ1) is 24.4. The molecule has 0 radical (unpaired) electrons. The molecule has 1 aromatic heterocycles. The van der Waals surface area contributed by atoms with Crippen LogP contribution in [0.3, 0.4) is 0 Å². The molecule has 4 N–H and O–H groups in total. The Kier molecular flexibility index (Phi) is 5.93. The van der Waals surface area contributed by atoms with Crippen LogP contribution < -0.4 is 21.1 Å². The maximum atomic E-state index is 13.2. The fraction of sp³-hybridized carbons (Fsp3) is 0.385. The zero-order chi connectivity index (χ0) is 26.5. The first-order chi connectivity index (χ1) is 17.5.